The lowest BCUT2D eigenvalue weighted by atomic mass is 9.86. The summed E-state index contributed by atoms with van der Waals surface area (Å²) >= 11 is 0. The van der Waals surface area contributed by atoms with Crippen molar-refractivity contribution in [3.8, 4) is 5.75 Å². The lowest BCUT2D eigenvalue weighted by Crippen LogP contribution is -2.41. The Bertz CT molecular complexity index is 564. The van der Waals surface area contributed by atoms with Crippen LogP contribution in [0.2, 0.25) is 0 Å². The average Bonchev–Trinajstić information content (AvgIpc) is 2.65. The number of hydrogen-bond acceptors (Lipinski definition) is 5. The Labute approximate surface area is 169 Å². The molecular formula is C21H34ClNO4. The molecule has 1 aromatic rings. The topological polar surface area (TPSA) is 70.8 Å². The van der Waals surface area contributed by atoms with Gasteiger partial charge in [-0.3, -0.25) is 4.79 Å². The van der Waals surface area contributed by atoms with Gasteiger partial charge in [0.1, 0.15) is 17.9 Å². The second-order valence-corrected chi connectivity index (χ2v) is 7.68. The molecule has 1 aromatic carbocycles. The van der Waals surface area contributed by atoms with E-state index in [1.54, 1.807) is 7.11 Å². The first-order valence-corrected chi connectivity index (χ1v) is 9.61. The number of rotatable bonds is 6. The number of methoxy groups -OCH3 is 1. The monoisotopic (exact) mass is 399 g/mol. The molecule has 0 saturated carbocycles. The molecule has 154 valence electrons. The molecule has 6 heteroatoms. The van der Waals surface area contributed by atoms with Gasteiger partial charge in [-0.05, 0) is 55.7 Å². The summed E-state index contributed by atoms with van der Waals surface area (Å²) in [6.45, 7) is 6.82. The maximum absolute atomic E-state index is 12.1. The van der Waals surface area contributed by atoms with Gasteiger partial charge in [-0.25, -0.2) is 0 Å². The van der Waals surface area contributed by atoms with Crippen molar-refractivity contribution in [2.75, 3.05) is 13.7 Å². The third kappa shape index (κ3) is 7.32. The number of ether oxygens (including phenoxy) is 3. The fourth-order valence-corrected chi connectivity index (χ4v) is 3.46. The van der Waals surface area contributed by atoms with Crippen molar-refractivity contribution in [1.82, 2.24) is 0 Å². The van der Waals surface area contributed by atoms with Crippen LogP contribution in [0.15, 0.2) is 24.3 Å². The van der Waals surface area contributed by atoms with Gasteiger partial charge in [0, 0.05) is 6.61 Å². The number of cyclic esters (lactones) is 1. The van der Waals surface area contributed by atoms with Gasteiger partial charge >= 0.3 is 5.97 Å². The van der Waals surface area contributed by atoms with Gasteiger partial charge in [0.05, 0.1) is 13.2 Å². The van der Waals surface area contributed by atoms with E-state index in [1.807, 2.05) is 19.1 Å². The summed E-state index contributed by atoms with van der Waals surface area (Å²) in [6.07, 6.45) is 2.95. The van der Waals surface area contributed by atoms with Crippen molar-refractivity contribution in [2.24, 2.45) is 17.6 Å². The highest BCUT2D eigenvalue weighted by Crippen LogP contribution is 2.28. The van der Waals surface area contributed by atoms with Gasteiger partial charge in [0.15, 0.2) is 0 Å². The first-order valence-electron chi connectivity index (χ1n) is 9.61. The van der Waals surface area contributed by atoms with E-state index in [4.69, 9.17) is 19.9 Å². The third-order valence-corrected chi connectivity index (χ3v) is 4.90. The van der Waals surface area contributed by atoms with Crippen LogP contribution in [0.4, 0.5) is 0 Å². The van der Waals surface area contributed by atoms with Crippen molar-refractivity contribution in [1.29, 1.82) is 0 Å². The highest BCUT2D eigenvalue weighted by Gasteiger charge is 2.33. The largest absolute Gasteiger partial charge is 0.497 e. The molecule has 4 atom stereocenters. The normalized spacial score (nSPS) is 26.4. The Kier molecular flexibility index (Phi) is 10.1. The third-order valence-electron chi connectivity index (χ3n) is 4.90. The van der Waals surface area contributed by atoms with Crippen molar-refractivity contribution < 1.29 is 19.0 Å². The summed E-state index contributed by atoms with van der Waals surface area (Å²) in [5, 5.41) is 0. The van der Waals surface area contributed by atoms with Crippen LogP contribution in [0.3, 0.4) is 0 Å². The van der Waals surface area contributed by atoms with Gasteiger partial charge in [0.2, 0.25) is 0 Å². The molecule has 0 unspecified atom stereocenters. The Morgan fingerprint density at radius 2 is 1.89 bits per heavy atom. The van der Waals surface area contributed by atoms with Gasteiger partial charge in [-0.15, -0.1) is 12.4 Å². The maximum Gasteiger partial charge on any atom is 0.323 e. The number of esters is 1. The van der Waals surface area contributed by atoms with Crippen LogP contribution >= 0.6 is 12.4 Å². The SMILES string of the molecule is COc1ccc(C[C@H]2CCC[C@H](N)C(=O)O[C@@H](C)[C@@H]2OCC(C)C)cc1.Cl. The summed E-state index contributed by atoms with van der Waals surface area (Å²) in [6, 6.07) is 7.60. The van der Waals surface area contributed by atoms with E-state index in [0.29, 0.717) is 18.9 Å². The van der Waals surface area contributed by atoms with Crippen LogP contribution in [-0.4, -0.2) is 37.9 Å². The Hall–Kier alpha value is -1.30. The lowest BCUT2D eigenvalue weighted by Gasteiger charge is -2.32. The molecule has 0 amide bonds. The Morgan fingerprint density at radius 3 is 2.48 bits per heavy atom. The zero-order chi connectivity index (χ0) is 19.1. The van der Waals surface area contributed by atoms with E-state index >= 15 is 0 Å². The zero-order valence-corrected chi connectivity index (χ0v) is 17.7. The molecule has 0 spiro atoms. The van der Waals surface area contributed by atoms with Crippen LogP contribution in [0.1, 0.15) is 45.6 Å². The molecule has 1 saturated heterocycles. The van der Waals surface area contributed by atoms with Gasteiger partial charge in [0.25, 0.3) is 0 Å². The fraction of sp³-hybridized carbons (Fsp3) is 0.667. The molecule has 1 aliphatic rings. The molecule has 0 aromatic heterocycles. The standard InChI is InChI=1S/C21H33NO4.ClH/c1-14(2)13-25-20-15(3)26-21(23)19(22)7-5-6-17(20)12-16-8-10-18(24-4)11-9-16;/h8-11,14-15,17,19-20H,5-7,12-13,22H2,1-4H3;1H/t15-,17+,19-,20-;/m0./s1. The van der Waals surface area contributed by atoms with Crippen LogP contribution in [0, 0.1) is 11.8 Å². The van der Waals surface area contributed by atoms with Crippen molar-refractivity contribution in [2.45, 2.75) is 64.7 Å². The summed E-state index contributed by atoms with van der Waals surface area (Å²) in [5.41, 5.74) is 7.18. The first-order chi connectivity index (χ1) is 12.4. The molecule has 0 aliphatic carbocycles. The van der Waals surface area contributed by atoms with Gasteiger partial charge in [-0.1, -0.05) is 32.4 Å². The van der Waals surface area contributed by atoms with E-state index < -0.39 is 6.04 Å². The number of nitrogens with two attached hydrogens (primary N) is 1. The highest BCUT2D eigenvalue weighted by molar-refractivity contribution is 5.85. The predicted octanol–water partition coefficient (Wildman–Crippen LogP) is 3.76. The van der Waals surface area contributed by atoms with Crippen LogP contribution in [0.5, 0.6) is 5.75 Å². The fourth-order valence-electron chi connectivity index (χ4n) is 3.46. The molecule has 2 rings (SSSR count). The summed E-state index contributed by atoms with van der Waals surface area (Å²) in [5.74, 6) is 1.23. The van der Waals surface area contributed by atoms with Crippen LogP contribution in [-0.2, 0) is 20.7 Å². The van der Waals surface area contributed by atoms with E-state index in [0.717, 1.165) is 25.0 Å². The zero-order valence-electron chi connectivity index (χ0n) is 16.9. The molecule has 1 aliphatic heterocycles. The number of benzene rings is 1. The summed E-state index contributed by atoms with van der Waals surface area (Å²) in [4.78, 5) is 12.1. The number of hydrogen-bond donors (Lipinski definition) is 1. The van der Waals surface area contributed by atoms with E-state index in [-0.39, 0.29) is 36.5 Å². The molecule has 5 nitrogen and oxygen atoms in total. The molecule has 27 heavy (non-hydrogen) atoms. The minimum absolute atomic E-state index is 0. The van der Waals surface area contributed by atoms with E-state index in [9.17, 15) is 4.79 Å². The molecule has 0 bridgehead atoms. The smallest absolute Gasteiger partial charge is 0.323 e. The molecular weight excluding hydrogens is 366 g/mol. The minimum Gasteiger partial charge on any atom is -0.497 e. The molecule has 1 heterocycles. The Morgan fingerprint density at radius 1 is 1.22 bits per heavy atom. The van der Waals surface area contributed by atoms with Crippen molar-refractivity contribution in [3.63, 3.8) is 0 Å². The average molecular weight is 400 g/mol. The van der Waals surface area contributed by atoms with Crippen molar-refractivity contribution in [3.05, 3.63) is 29.8 Å². The molecule has 1 fully saturated rings. The summed E-state index contributed by atoms with van der Waals surface area (Å²) in [7, 11) is 1.67. The van der Waals surface area contributed by atoms with E-state index in [1.165, 1.54) is 5.56 Å². The molecule has 2 N–H and O–H groups in total. The number of halogens is 1. The summed E-state index contributed by atoms with van der Waals surface area (Å²) < 4.78 is 17.1. The first kappa shape index (κ1) is 23.7. The Balaban J connectivity index is 0.00000364. The minimum atomic E-state index is -0.539. The van der Waals surface area contributed by atoms with Gasteiger partial charge in [-0.2, -0.15) is 0 Å². The molecule has 0 radical (unpaired) electrons. The predicted molar refractivity (Wildman–Crippen MR) is 109 cm³/mol. The van der Waals surface area contributed by atoms with Crippen LogP contribution < -0.4 is 10.5 Å². The second kappa shape index (κ2) is 11.5. The number of carbonyl (C=O) groups excluding carboxylic acids is 1. The quantitative estimate of drug-likeness (QED) is 0.737. The highest BCUT2D eigenvalue weighted by atomic mass is 35.5. The van der Waals surface area contributed by atoms with E-state index in [2.05, 4.69) is 26.0 Å². The second-order valence-electron chi connectivity index (χ2n) is 7.68. The van der Waals surface area contributed by atoms with Crippen molar-refractivity contribution >= 4 is 18.4 Å². The van der Waals surface area contributed by atoms with Crippen LogP contribution in [0.25, 0.3) is 0 Å². The van der Waals surface area contributed by atoms with Gasteiger partial charge < -0.3 is 19.9 Å². The number of carbonyl (C=O) groups is 1. The maximum atomic E-state index is 12.1. The lowest BCUT2D eigenvalue weighted by molar-refractivity contribution is -0.160.